The number of amides is 1. The molecule has 0 aliphatic carbocycles. The van der Waals surface area contributed by atoms with E-state index >= 15 is 0 Å². The van der Waals surface area contributed by atoms with Crippen LogP contribution in [0.25, 0.3) is 0 Å². The first-order chi connectivity index (χ1) is 12.4. The van der Waals surface area contributed by atoms with Crippen molar-refractivity contribution in [3.05, 3.63) is 69.8 Å². The van der Waals surface area contributed by atoms with Gasteiger partial charge in [0.05, 0.1) is 22.8 Å². The number of para-hydroxylation sites is 1. The van der Waals surface area contributed by atoms with Gasteiger partial charge in [-0.2, -0.15) is 0 Å². The molecule has 0 aliphatic rings. The summed E-state index contributed by atoms with van der Waals surface area (Å²) in [6.07, 6.45) is 0. The lowest BCUT2D eigenvalue weighted by molar-refractivity contribution is -0.384. The lowest BCUT2D eigenvalue weighted by atomic mass is 10.2. The van der Waals surface area contributed by atoms with Crippen molar-refractivity contribution in [2.24, 2.45) is 0 Å². The fraction of sp³-hybridized carbons (Fsp3) is 0.118. The molecule has 26 heavy (non-hydrogen) atoms. The Hall–Kier alpha value is -3.33. The molecule has 9 heteroatoms. The second kappa shape index (κ2) is 8.67. The van der Waals surface area contributed by atoms with Crippen LogP contribution in [0.3, 0.4) is 0 Å². The van der Waals surface area contributed by atoms with Gasteiger partial charge < -0.3 is 10.1 Å². The minimum Gasteiger partial charge on any atom is -0.462 e. The summed E-state index contributed by atoms with van der Waals surface area (Å²) in [5.41, 5.74) is 0.755. The quantitative estimate of drug-likeness (QED) is 0.359. The number of nitro groups is 1. The monoisotopic (exact) mass is 373 g/mol. The highest BCUT2D eigenvalue weighted by atomic mass is 32.1. The van der Waals surface area contributed by atoms with Gasteiger partial charge in [0, 0.05) is 17.7 Å². The number of anilines is 1. The summed E-state index contributed by atoms with van der Waals surface area (Å²) in [6.45, 7) is 1.93. The molecule has 0 bridgehead atoms. The van der Waals surface area contributed by atoms with E-state index < -0.39 is 16.8 Å². The Morgan fingerprint density at radius 3 is 2.42 bits per heavy atom. The van der Waals surface area contributed by atoms with Crippen LogP contribution in [0.4, 0.5) is 11.4 Å². The second-order valence-corrected chi connectivity index (χ2v) is 5.39. The topological polar surface area (TPSA) is 111 Å². The minimum absolute atomic E-state index is 0.0231. The van der Waals surface area contributed by atoms with Gasteiger partial charge in [-0.05, 0) is 43.4 Å². The fourth-order valence-corrected chi connectivity index (χ4v) is 2.24. The summed E-state index contributed by atoms with van der Waals surface area (Å²) < 4.78 is 4.97. The predicted molar refractivity (Wildman–Crippen MR) is 99.2 cm³/mol. The summed E-state index contributed by atoms with van der Waals surface area (Å²) in [4.78, 5) is 34.2. The zero-order valence-electron chi connectivity index (χ0n) is 13.7. The number of thiocarbonyl (C=S) groups is 1. The van der Waals surface area contributed by atoms with Crippen molar-refractivity contribution in [1.82, 2.24) is 5.32 Å². The summed E-state index contributed by atoms with van der Waals surface area (Å²) in [5, 5.41) is 15.8. The van der Waals surface area contributed by atoms with E-state index in [1.165, 1.54) is 24.3 Å². The Morgan fingerprint density at radius 2 is 1.81 bits per heavy atom. The fourth-order valence-electron chi connectivity index (χ4n) is 2.04. The van der Waals surface area contributed by atoms with Crippen LogP contribution >= 0.6 is 12.2 Å². The van der Waals surface area contributed by atoms with Gasteiger partial charge in [-0.1, -0.05) is 12.1 Å². The van der Waals surface area contributed by atoms with Gasteiger partial charge in [0.2, 0.25) is 0 Å². The van der Waals surface area contributed by atoms with E-state index in [-0.39, 0.29) is 28.5 Å². The number of non-ortho nitro benzene ring substituents is 1. The smallest absolute Gasteiger partial charge is 0.340 e. The highest BCUT2D eigenvalue weighted by Gasteiger charge is 2.15. The predicted octanol–water partition coefficient (Wildman–Crippen LogP) is 2.90. The molecule has 0 spiro atoms. The van der Waals surface area contributed by atoms with Gasteiger partial charge in [0.1, 0.15) is 0 Å². The molecule has 134 valence electrons. The van der Waals surface area contributed by atoms with Crippen molar-refractivity contribution in [2.75, 3.05) is 11.9 Å². The van der Waals surface area contributed by atoms with E-state index in [0.717, 1.165) is 0 Å². The van der Waals surface area contributed by atoms with Gasteiger partial charge >= 0.3 is 5.97 Å². The molecule has 2 aromatic rings. The van der Waals surface area contributed by atoms with Crippen LogP contribution in [0.5, 0.6) is 0 Å². The molecule has 2 aromatic carbocycles. The van der Waals surface area contributed by atoms with Crippen LogP contribution < -0.4 is 10.6 Å². The third-order valence-corrected chi connectivity index (χ3v) is 3.44. The molecule has 0 saturated carbocycles. The van der Waals surface area contributed by atoms with Gasteiger partial charge in [-0.3, -0.25) is 20.2 Å². The number of nitrogens with zero attached hydrogens (tertiary/aromatic N) is 1. The maximum atomic E-state index is 12.1. The summed E-state index contributed by atoms with van der Waals surface area (Å²) in [5.74, 6) is -1.05. The van der Waals surface area contributed by atoms with Crippen LogP contribution in [0.1, 0.15) is 27.6 Å². The van der Waals surface area contributed by atoms with E-state index in [0.29, 0.717) is 5.69 Å². The standard InChI is InChI=1S/C17H15N3O5S/c1-2-25-16(22)13-5-3-4-6-14(13)18-17(26)19-15(21)11-7-9-12(10-8-11)20(23)24/h3-10H,2H2,1H3,(H2,18,19,21,26). The van der Waals surface area contributed by atoms with Crippen molar-refractivity contribution >= 4 is 40.6 Å². The Kier molecular flexibility index (Phi) is 6.34. The summed E-state index contributed by atoms with van der Waals surface area (Å²) in [7, 11) is 0. The Bertz CT molecular complexity index is 852. The van der Waals surface area contributed by atoms with Crippen LogP contribution in [-0.2, 0) is 4.74 Å². The molecule has 0 saturated heterocycles. The van der Waals surface area contributed by atoms with Crippen LogP contribution in [-0.4, -0.2) is 28.5 Å². The molecule has 0 atom stereocenters. The summed E-state index contributed by atoms with van der Waals surface area (Å²) >= 11 is 5.09. The highest BCUT2D eigenvalue weighted by Crippen LogP contribution is 2.16. The molecule has 0 aromatic heterocycles. The number of carbonyl (C=O) groups excluding carboxylic acids is 2. The highest BCUT2D eigenvalue weighted by molar-refractivity contribution is 7.80. The lowest BCUT2D eigenvalue weighted by Gasteiger charge is -2.12. The van der Waals surface area contributed by atoms with Gasteiger partial charge in [-0.15, -0.1) is 0 Å². The molecule has 0 unspecified atom stereocenters. The molecule has 8 nitrogen and oxygen atoms in total. The number of ether oxygens (including phenoxy) is 1. The zero-order chi connectivity index (χ0) is 19.1. The molecule has 2 rings (SSSR count). The first kappa shape index (κ1) is 19.0. The maximum Gasteiger partial charge on any atom is 0.340 e. The van der Waals surface area contributed by atoms with Crippen LogP contribution in [0, 0.1) is 10.1 Å². The maximum absolute atomic E-state index is 12.1. The van der Waals surface area contributed by atoms with E-state index in [9.17, 15) is 19.7 Å². The molecule has 0 aliphatic heterocycles. The molecule has 1 amide bonds. The number of esters is 1. The first-order valence-electron chi connectivity index (χ1n) is 7.55. The van der Waals surface area contributed by atoms with Crippen molar-refractivity contribution in [1.29, 1.82) is 0 Å². The van der Waals surface area contributed by atoms with Crippen molar-refractivity contribution in [3.8, 4) is 0 Å². The van der Waals surface area contributed by atoms with Crippen molar-refractivity contribution < 1.29 is 19.2 Å². The van der Waals surface area contributed by atoms with Crippen molar-refractivity contribution in [2.45, 2.75) is 6.92 Å². The molecule has 0 fully saturated rings. The van der Waals surface area contributed by atoms with Crippen LogP contribution in [0.15, 0.2) is 48.5 Å². The number of nitro benzene ring substituents is 1. The summed E-state index contributed by atoms with van der Waals surface area (Å²) in [6, 6.07) is 11.7. The minimum atomic E-state index is -0.555. The molecular formula is C17H15N3O5S. The van der Waals surface area contributed by atoms with E-state index in [1.807, 2.05) is 0 Å². The number of benzene rings is 2. The average Bonchev–Trinajstić information content (AvgIpc) is 2.62. The molecule has 0 heterocycles. The van der Waals surface area contributed by atoms with Gasteiger partial charge in [0.25, 0.3) is 11.6 Å². The Morgan fingerprint density at radius 1 is 1.15 bits per heavy atom. The van der Waals surface area contributed by atoms with Gasteiger partial charge in [0.15, 0.2) is 5.11 Å². The SMILES string of the molecule is CCOC(=O)c1ccccc1NC(=S)NC(=O)c1ccc([N+](=O)[O-])cc1. The van der Waals surface area contributed by atoms with Crippen molar-refractivity contribution in [3.63, 3.8) is 0 Å². The van der Waals surface area contributed by atoms with E-state index in [1.54, 1.807) is 31.2 Å². The molecular weight excluding hydrogens is 358 g/mol. The molecule has 2 N–H and O–H groups in total. The number of hydrogen-bond acceptors (Lipinski definition) is 6. The number of hydrogen-bond donors (Lipinski definition) is 2. The van der Waals surface area contributed by atoms with Crippen LogP contribution in [0.2, 0.25) is 0 Å². The molecule has 0 radical (unpaired) electrons. The number of rotatable bonds is 5. The third-order valence-electron chi connectivity index (χ3n) is 3.24. The number of nitrogens with one attached hydrogen (secondary N) is 2. The Balaban J connectivity index is 2.06. The van der Waals surface area contributed by atoms with E-state index in [2.05, 4.69) is 10.6 Å². The average molecular weight is 373 g/mol. The number of carbonyl (C=O) groups is 2. The largest absolute Gasteiger partial charge is 0.462 e. The first-order valence-corrected chi connectivity index (χ1v) is 7.96. The zero-order valence-corrected chi connectivity index (χ0v) is 14.5. The van der Waals surface area contributed by atoms with Gasteiger partial charge in [-0.25, -0.2) is 4.79 Å². The lowest BCUT2D eigenvalue weighted by Crippen LogP contribution is -2.34. The Labute approximate surface area is 154 Å². The second-order valence-electron chi connectivity index (χ2n) is 4.98. The normalized spacial score (nSPS) is 9.88. The third kappa shape index (κ3) is 4.84. The van der Waals surface area contributed by atoms with E-state index in [4.69, 9.17) is 17.0 Å².